The molecular weight excluding hydrogens is 248 g/mol. The molecular formula is C13H18N2O4. The molecule has 1 aromatic rings. The highest BCUT2D eigenvalue weighted by atomic mass is 16.4. The number of nitrogens with zero attached hydrogens (tertiary/aromatic N) is 2. The molecule has 1 aliphatic heterocycles. The third-order valence-electron chi connectivity index (χ3n) is 2.97. The van der Waals surface area contributed by atoms with Gasteiger partial charge in [-0.2, -0.15) is 0 Å². The number of rotatable bonds is 3. The minimum Gasteiger partial charge on any atom is -0.475 e. The van der Waals surface area contributed by atoms with Crippen molar-refractivity contribution in [2.45, 2.75) is 18.9 Å². The van der Waals surface area contributed by atoms with Crippen LogP contribution in [0, 0.1) is 0 Å². The lowest BCUT2D eigenvalue weighted by Gasteiger charge is -2.18. The second-order valence-corrected chi connectivity index (χ2v) is 4.31. The molecule has 1 atom stereocenters. The lowest BCUT2D eigenvalue weighted by molar-refractivity contribution is -0.150. The number of hydrogen-bond acceptors (Lipinski definition) is 5. The molecule has 0 spiro atoms. The zero-order valence-corrected chi connectivity index (χ0v) is 10.8. The molecule has 0 aromatic carbocycles. The maximum atomic E-state index is 9.66. The summed E-state index contributed by atoms with van der Waals surface area (Å²) in [6.45, 7) is 0.300. The Morgan fingerprint density at radius 1 is 1.53 bits per heavy atom. The Balaban J connectivity index is 0.000000224. The summed E-state index contributed by atoms with van der Waals surface area (Å²) in [4.78, 5) is 25.6. The van der Waals surface area contributed by atoms with Crippen LogP contribution >= 0.6 is 0 Å². The largest absolute Gasteiger partial charge is 0.475 e. The summed E-state index contributed by atoms with van der Waals surface area (Å²) in [5.41, 5.74) is 1.36. The predicted molar refractivity (Wildman–Crippen MR) is 68.6 cm³/mol. The van der Waals surface area contributed by atoms with Crippen LogP contribution in [-0.2, 0) is 9.59 Å². The highest BCUT2D eigenvalue weighted by molar-refractivity contribution is 6.33. The van der Waals surface area contributed by atoms with E-state index < -0.39 is 18.4 Å². The SMILES string of the molecule is CN1CCC[C@H]1c1cccnc1.O=C(O)C(=O)CO. The summed E-state index contributed by atoms with van der Waals surface area (Å²) in [7, 11) is 2.19. The highest BCUT2D eigenvalue weighted by Crippen LogP contribution is 2.29. The molecule has 0 amide bonds. The number of aromatic nitrogens is 1. The van der Waals surface area contributed by atoms with Crippen molar-refractivity contribution < 1.29 is 19.8 Å². The fourth-order valence-electron chi connectivity index (χ4n) is 1.97. The Morgan fingerprint density at radius 3 is 2.63 bits per heavy atom. The normalized spacial score (nSPS) is 18.5. The zero-order chi connectivity index (χ0) is 14.3. The van der Waals surface area contributed by atoms with E-state index in [-0.39, 0.29) is 0 Å². The van der Waals surface area contributed by atoms with E-state index in [2.05, 4.69) is 23.0 Å². The number of carboxylic acids is 1. The van der Waals surface area contributed by atoms with Crippen molar-refractivity contribution in [1.82, 2.24) is 9.88 Å². The Labute approximate surface area is 111 Å². The standard InChI is InChI=1S/C10H14N2.C3H4O4/c1-12-7-3-5-10(12)9-4-2-6-11-8-9;4-1-2(5)3(6)7/h2,4,6,8,10H,3,5,7H2,1H3;4H,1H2,(H,6,7)/t10-;/m0./s1. The number of ketones is 1. The van der Waals surface area contributed by atoms with Crippen molar-refractivity contribution in [1.29, 1.82) is 0 Å². The third-order valence-corrected chi connectivity index (χ3v) is 2.97. The number of carbonyl (C=O) groups excluding carboxylic acids is 1. The maximum Gasteiger partial charge on any atom is 0.374 e. The molecule has 1 saturated heterocycles. The maximum absolute atomic E-state index is 9.66. The van der Waals surface area contributed by atoms with Crippen molar-refractivity contribution in [3.63, 3.8) is 0 Å². The van der Waals surface area contributed by atoms with Crippen molar-refractivity contribution in [3.8, 4) is 0 Å². The Hall–Kier alpha value is -1.79. The van der Waals surface area contributed by atoms with Crippen molar-refractivity contribution in [3.05, 3.63) is 30.1 Å². The number of carboxylic acid groups (broad SMARTS) is 1. The van der Waals surface area contributed by atoms with Crippen LogP contribution in [0.25, 0.3) is 0 Å². The topological polar surface area (TPSA) is 90.7 Å². The summed E-state index contributed by atoms with van der Waals surface area (Å²) in [6, 6.07) is 4.79. The van der Waals surface area contributed by atoms with E-state index in [1.807, 2.05) is 18.5 Å². The van der Waals surface area contributed by atoms with Crippen LogP contribution in [0.15, 0.2) is 24.5 Å². The molecule has 19 heavy (non-hydrogen) atoms. The summed E-state index contributed by atoms with van der Waals surface area (Å²) in [5, 5.41) is 15.4. The summed E-state index contributed by atoms with van der Waals surface area (Å²) in [5.74, 6) is -2.78. The quantitative estimate of drug-likeness (QED) is 0.773. The smallest absolute Gasteiger partial charge is 0.374 e. The number of aliphatic hydroxyl groups excluding tert-OH is 1. The summed E-state index contributed by atoms with van der Waals surface area (Å²) < 4.78 is 0. The lowest BCUT2D eigenvalue weighted by Crippen LogP contribution is -2.17. The Kier molecular flexibility index (Phi) is 6.11. The number of pyridine rings is 1. The van der Waals surface area contributed by atoms with E-state index in [1.54, 1.807) is 0 Å². The number of Topliss-reactive ketones (excluding diaryl/α,β-unsaturated/α-hetero) is 1. The third kappa shape index (κ3) is 4.76. The Bertz CT molecular complexity index is 422. The first kappa shape index (κ1) is 15.3. The monoisotopic (exact) mass is 266 g/mol. The molecule has 1 aromatic heterocycles. The molecule has 6 heteroatoms. The van der Waals surface area contributed by atoms with Gasteiger partial charge >= 0.3 is 5.97 Å². The predicted octanol–water partition coefficient (Wildman–Crippen LogP) is 0.481. The minimum atomic E-state index is -1.59. The average Bonchev–Trinajstić information content (AvgIpc) is 2.85. The van der Waals surface area contributed by atoms with E-state index in [4.69, 9.17) is 10.2 Å². The molecule has 0 aliphatic carbocycles. The van der Waals surface area contributed by atoms with Crippen molar-refractivity contribution in [2.75, 3.05) is 20.2 Å². The number of hydrogen-bond donors (Lipinski definition) is 2. The van der Waals surface area contributed by atoms with Gasteiger partial charge in [-0.25, -0.2) is 4.79 Å². The lowest BCUT2D eigenvalue weighted by atomic mass is 10.1. The first-order chi connectivity index (χ1) is 9.06. The fraction of sp³-hybridized carbons (Fsp3) is 0.462. The van der Waals surface area contributed by atoms with Crippen LogP contribution in [-0.4, -0.2) is 52.0 Å². The van der Waals surface area contributed by atoms with Gasteiger partial charge in [-0.15, -0.1) is 0 Å². The first-order valence-corrected chi connectivity index (χ1v) is 6.03. The zero-order valence-electron chi connectivity index (χ0n) is 10.8. The minimum absolute atomic E-state index is 0.610. The molecule has 2 rings (SSSR count). The van der Waals surface area contributed by atoms with Gasteiger partial charge in [0.15, 0.2) is 0 Å². The molecule has 2 heterocycles. The molecule has 1 aliphatic rings. The molecule has 0 radical (unpaired) electrons. The van der Waals surface area contributed by atoms with E-state index in [1.165, 1.54) is 24.9 Å². The van der Waals surface area contributed by atoms with E-state index in [9.17, 15) is 9.59 Å². The number of carbonyl (C=O) groups is 2. The molecule has 1 fully saturated rings. The first-order valence-electron chi connectivity index (χ1n) is 6.03. The van der Waals surface area contributed by atoms with Gasteiger partial charge in [-0.1, -0.05) is 6.07 Å². The molecule has 6 nitrogen and oxygen atoms in total. The van der Waals surface area contributed by atoms with Crippen LogP contribution in [0.4, 0.5) is 0 Å². The summed E-state index contributed by atoms with van der Waals surface area (Å²) >= 11 is 0. The molecule has 104 valence electrons. The second kappa shape index (κ2) is 7.60. The summed E-state index contributed by atoms with van der Waals surface area (Å²) in [6.07, 6.45) is 6.41. The number of aliphatic carboxylic acids is 1. The molecule has 0 saturated carbocycles. The second-order valence-electron chi connectivity index (χ2n) is 4.31. The number of likely N-dealkylation sites (tertiary alicyclic amines) is 1. The van der Waals surface area contributed by atoms with Gasteiger partial charge in [-0.3, -0.25) is 14.7 Å². The van der Waals surface area contributed by atoms with Crippen LogP contribution in [0.3, 0.4) is 0 Å². The highest BCUT2D eigenvalue weighted by Gasteiger charge is 2.21. The van der Waals surface area contributed by atoms with Gasteiger partial charge in [0.25, 0.3) is 5.78 Å². The molecule has 0 bridgehead atoms. The fourth-order valence-corrected chi connectivity index (χ4v) is 1.97. The van der Waals surface area contributed by atoms with Crippen LogP contribution in [0.5, 0.6) is 0 Å². The average molecular weight is 266 g/mol. The van der Waals surface area contributed by atoms with Crippen LogP contribution in [0.2, 0.25) is 0 Å². The van der Waals surface area contributed by atoms with Crippen LogP contribution in [0.1, 0.15) is 24.4 Å². The van der Waals surface area contributed by atoms with Crippen molar-refractivity contribution in [2.24, 2.45) is 0 Å². The van der Waals surface area contributed by atoms with Gasteiger partial charge in [0, 0.05) is 18.4 Å². The van der Waals surface area contributed by atoms with E-state index in [0.717, 1.165) is 0 Å². The van der Waals surface area contributed by atoms with E-state index >= 15 is 0 Å². The van der Waals surface area contributed by atoms with Gasteiger partial charge in [0.05, 0.1) is 0 Å². The van der Waals surface area contributed by atoms with Crippen molar-refractivity contribution >= 4 is 11.8 Å². The van der Waals surface area contributed by atoms with Gasteiger partial charge < -0.3 is 10.2 Å². The molecule has 2 N–H and O–H groups in total. The van der Waals surface area contributed by atoms with Crippen LogP contribution < -0.4 is 0 Å². The van der Waals surface area contributed by atoms with Gasteiger partial charge in [-0.05, 0) is 38.1 Å². The number of aliphatic hydroxyl groups is 1. The van der Waals surface area contributed by atoms with E-state index in [0.29, 0.717) is 6.04 Å². The Morgan fingerprint density at radius 2 is 2.26 bits per heavy atom. The van der Waals surface area contributed by atoms with Gasteiger partial charge in [0.2, 0.25) is 0 Å². The molecule has 0 unspecified atom stereocenters. The van der Waals surface area contributed by atoms with Gasteiger partial charge in [0.1, 0.15) is 6.61 Å².